The molecule has 6 atom stereocenters. The Bertz CT molecular complexity index is 541. The lowest BCUT2D eigenvalue weighted by Gasteiger charge is -2.09. The zero-order valence-electron chi connectivity index (χ0n) is 8.16. The van der Waals surface area contributed by atoms with Crippen LogP contribution in [0.1, 0.15) is 5.76 Å². The summed E-state index contributed by atoms with van der Waals surface area (Å²) in [6, 6.07) is 2.88. The van der Waals surface area contributed by atoms with E-state index in [4.69, 9.17) is 18.6 Å². The smallest absolute Gasteiger partial charge is 0.185 e. The third kappa shape index (κ3) is 0.723. The Labute approximate surface area is 89.9 Å². The van der Waals surface area contributed by atoms with Crippen molar-refractivity contribution in [3.63, 3.8) is 0 Å². The standard InChI is InChI=1S/C11H8O5/c12-4-1-2-13-5(3-4)11-9-7(15-9)6-8(14-6)10(11)16-11/h1-3,6-10H/t6-,7-,8+,9+,10-,11-/m0/s1. The van der Waals surface area contributed by atoms with Crippen molar-refractivity contribution in [3.05, 3.63) is 34.4 Å². The largest absolute Gasteiger partial charge is 0.466 e. The van der Waals surface area contributed by atoms with E-state index in [1.54, 1.807) is 0 Å². The molecule has 0 radical (unpaired) electrons. The lowest BCUT2D eigenvalue weighted by molar-refractivity contribution is 0.202. The van der Waals surface area contributed by atoms with Crippen LogP contribution in [0.2, 0.25) is 0 Å². The fraction of sp³-hybridized carbons (Fsp3) is 0.545. The first-order valence-electron chi connectivity index (χ1n) is 5.39. The molecule has 5 rings (SSSR count). The Morgan fingerprint density at radius 1 is 1.12 bits per heavy atom. The lowest BCUT2D eigenvalue weighted by atomic mass is 9.87. The van der Waals surface area contributed by atoms with E-state index in [2.05, 4.69) is 0 Å². The van der Waals surface area contributed by atoms with Gasteiger partial charge in [-0.2, -0.15) is 0 Å². The topological polar surface area (TPSA) is 67.8 Å². The van der Waals surface area contributed by atoms with Gasteiger partial charge >= 0.3 is 0 Å². The molecule has 0 amide bonds. The second kappa shape index (κ2) is 2.11. The summed E-state index contributed by atoms with van der Waals surface area (Å²) >= 11 is 0. The average molecular weight is 220 g/mol. The van der Waals surface area contributed by atoms with Gasteiger partial charge in [-0.3, -0.25) is 4.79 Å². The van der Waals surface area contributed by atoms with Crippen LogP contribution in [-0.2, 0) is 19.8 Å². The van der Waals surface area contributed by atoms with Crippen molar-refractivity contribution in [2.75, 3.05) is 0 Å². The van der Waals surface area contributed by atoms with Crippen molar-refractivity contribution in [2.24, 2.45) is 0 Å². The van der Waals surface area contributed by atoms with Gasteiger partial charge in [-0.15, -0.1) is 0 Å². The Balaban J connectivity index is 1.66. The Morgan fingerprint density at radius 3 is 2.88 bits per heavy atom. The van der Waals surface area contributed by atoms with Crippen LogP contribution in [0.5, 0.6) is 0 Å². The first-order chi connectivity index (χ1) is 7.80. The molecule has 1 aliphatic carbocycles. The Hall–Kier alpha value is -1.17. The quantitative estimate of drug-likeness (QED) is 0.612. The summed E-state index contributed by atoms with van der Waals surface area (Å²) in [6.07, 6.45) is 1.89. The summed E-state index contributed by atoms with van der Waals surface area (Å²) in [7, 11) is 0. The summed E-state index contributed by atoms with van der Waals surface area (Å²) in [5, 5.41) is 0. The first-order valence-corrected chi connectivity index (χ1v) is 5.39. The van der Waals surface area contributed by atoms with E-state index in [1.807, 2.05) is 0 Å². The molecule has 0 aromatic carbocycles. The van der Waals surface area contributed by atoms with Crippen LogP contribution in [0.4, 0.5) is 0 Å². The zero-order chi connectivity index (χ0) is 10.5. The maximum absolute atomic E-state index is 11.3. The molecular formula is C11H8O5. The molecule has 4 heterocycles. The van der Waals surface area contributed by atoms with Crippen LogP contribution in [0.15, 0.2) is 27.6 Å². The predicted molar refractivity (Wildman–Crippen MR) is 48.9 cm³/mol. The normalized spacial score (nSPS) is 54.6. The van der Waals surface area contributed by atoms with Crippen LogP contribution >= 0.6 is 0 Å². The van der Waals surface area contributed by atoms with Crippen molar-refractivity contribution in [1.29, 1.82) is 0 Å². The van der Waals surface area contributed by atoms with Crippen molar-refractivity contribution < 1.29 is 18.6 Å². The monoisotopic (exact) mass is 220 g/mol. The molecule has 3 aliphatic heterocycles. The molecule has 1 saturated carbocycles. The second-order valence-electron chi connectivity index (χ2n) is 4.75. The molecule has 4 fully saturated rings. The van der Waals surface area contributed by atoms with Crippen LogP contribution < -0.4 is 5.43 Å². The summed E-state index contributed by atoms with van der Waals surface area (Å²) < 4.78 is 22.2. The molecule has 5 heteroatoms. The first kappa shape index (κ1) is 8.00. The number of hydrogen-bond donors (Lipinski definition) is 0. The lowest BCUT2D eigenvalue weighted by Crippen LogP contribution is -2.31. The van der Waals surface area contributed by atoms with Crippen LogP contribution in [0, 0.1) is 0 Å². The minimum Gasteiger partial charge on any atom is -0.466 e. The zero-order valence-corrected chi connectivity index (χ0v) is 8.16. The van der Waals surface area contributed by atoms with Crippen molar-refractivity contribution in [3.8, 4) is 0 Å². The number of fused-ring (bicyclic) bond motifs is 6. The van der Waals surface area contributed by atoms with Gasteiger partial charge in [0.05, 0.1) is 6.26 Å². The minimum atomic E-state index is -0.539. The van der Waals surface area contributed by atoms with Crippen molar-refractivity contribution in [1.82, 2.24) is 0 Å². The molecule has 82 valence electrons. The van der Waals surface area contributed by atoms with Gasteiger partial charge < -0.3 is 18.6 Å². The number of epoxide rings is 3. The van der Waals surface area contributed by atoms with Gasteiger partial charge in [0, 0.05) is 12.1 Å². The van der Waals surface area contributed by atoms with Gasteiger partial charge in [0.1, 0.15) is 36.3 Å². The van der Waals surface area contributed by atoms with Gasteiger partial charge in [-0.25, -0.2) is 0 Å². The van der Waals surface area contributed by atoms with E-state index in [9.17, 15) is 4.79 Å². The molecule has 0 bridgehead atoms. The van der Waals surface area contributed by atoms with Gasteiger partial charge in [-0.1, -0.05) is 0 Å². The maximum Gasteiger partial charge on any atom is 0.185 e. The van der Waals surface area contributed by atoms with Crippen LogP contribution in [0.3, 0.4) is 0 Å². The maximum atomic E-state index is 11.3. The van der Waals surface area contributed by atoms with Crippen LogP contribution in [-0.4, -0.2) is 30.5 Å². The highest BCUT2D eigenvalue weighted by Crippen LogP contribution is 2.67. The highest BCUT2D eigenvalue weighted by Gasteiger charge is 2.86. The summed E-state index contributed by atoms with van der Waals surface area (Å²) in [5.41, 5.74) is -0.608. The molecule has 4 aliphatic rings. The highest BCUT2D eigenvalue weighted by atomic mass is 16.8. The van der Waals surface area contributed by atoms with E-state index in [0.29, 0.717) is 5.76 Å². The number of ether oxygens (including phenoxy) is 3. The van der Waals surface area contributed by atoms with E-state index in [-0.39, 0.29) is 35.9 Å². The fourth-order valence-electron chi connectivity index (χ4n) is 3.01. The molecule has 3 saturated heterocycles. The van der Waals surface area contributed by atoms with Crippen molar-refractivity contribution in [2.45, 2.75) is 36.1 Å². The summed E-state index contributed by atoms with van der Waals surface area (Å²) in [6.45, 7) is 0. The van der Waals surface area contributed by atoms with E-state index < -0.39 is 5.60 Å². The minimum absolute atomic E-state index is 0.00630. The molecule has 0 unspecified atom stereocenters. The van der Waals surface area contributed by atoms with E-state index in [1.165, 1.54) is 18.4 Å². The molecule has 0 N–H and O–H groups in total. The van der Waals surface area contributed by atoms with Gasteiger partial charge in [-0.05, 0) is 0 Å². The van der Waals surface area contributed by atoms with E-state index >= 15 is 0 Å². The van der Waals surface area contributed by atoms with E-state index in [0.717, 1.165) is 0 Å². The molecule has 0 spiro atoms. The third-order valence-corrected chi connectivity index (χ3v) is 3.91. The number of rotatable bonds is 1. The Kier molecular flexibility index (Phi) is 1.06. The van der Waals surface area contributed by atoms with Crippen LogP contribution in [0.25, 0.3) is 0 Å². The SMILES string of the molecule is O=c1ccoc([C@@]23O[C@H]2[C@@H]2O[C@H]2[C@@H]2O[C@H]23)c1. The molecule has 1 aromatic heterocycles. The average Bonchev–Trinajstić information content (AvgIpc) is 3.07. The van der Waals surface area contributed by atoms with Gasteiger partial charge in [0.25, 0.3) is 0 Å². The van der Waals surface area contributed by atoms with Crippen molar-refractivity contribution >= 4 is 0 Å². The number of hydrogen-bond acceptors (Lipinski definition) is 5. The Morgan fingerprint density at radius 2 is 2.00 bits per heavy atom. The highest BCUT2D eigenvalue weighted by molar-refractivity contribution is 5.36. The second-order valence-corrected chi connectivity index (χ2v) is 4.75. The third-order valence-electron chi connectivity index (χ3n) is 3.91. The summed E-state index contributed by atoms with van der Waals surface area (Å²) in [4.78, 5) is 11.3. The van der Waals surface area contributed by atoms with Gasteiger partial charge in [0.2, 0.25) is 0 Å². The van der Waals surface area contributed by atoms with Gasteiger partial charge in [0.15, 0.2) is 11.0 Å². The molecule has 16 heavy (non-hydrogen) atoms. The fourth-order valence-corrected chi connectivity index (χ4v) is 3.01. The molecular weight excluding hydrogens is 212 g/mol. The summed E-state index contributed by atoms with van der Waals surface area (Å²) in [5.74, 6) is 0.575. The molecule has 5 nitrogen and oxygen atoms in total. The predicted octanol–water partition coefficient (Wildman–Crippen LogP) is -0.218. The molecule has 1 aromatic rings.